The molecule has 0 unspecified atom stereocenters. The third-order valence-corrected chi connectivity index (χ3v) is 3.77. The van der Waals surface area contributed by atoms with E-state index in [9.17, 15) is 9.59 Å². The first-order chi connectivity index (χ1) is 9.54. The summed E-state index contributed by atoms with van der Waals surface area (Å²) in [4.78, 5) is 26.4. The van der Waals surface area contributed by atoms with E-state index in [1.54, 1.807) is 0 Å². The molecule has 0 spiro atoms. The van der Waals surface area contributed by atoms with Gasteiger partial charge in [0.05, 0.1) is 10.2 Å². The first-order valence-electron chi connectivity index (χ1n) is 6.43. The molecule has 2 rings (SSSR count). The van der Waals surface area contributed by atoms with Gasteiger partial charge in [0.1, 0.15) is 0 Å². The molecule has 1 heterocycles. The van der Waals surface area contributed by atoms with Crippen LogP contribution in [-0.2, 0) is 9.59 Å². The number of amides is 1. The van der Waals surface area contributed by atoms with E-state index in [4.69, 9.17) is 5.11 Å². The molecular formula is C14H16N2O3S. The summed E-state index contributed by atoms with van der Waals surface area (Å²) in [5, 5.41) is 11.9. The maximum absolute atomic E-state index is 11.7. The lowest BCUT2D eigenvalue weighted by Gasteiger charge is -2.00. The summed E-state index contributed by atoms with van der Waals surface area (Å²) in [6.07, 6.45) is 1.51. The number of anilines is 1. The van der Waals surface area contributed by atoms with Crippen molar-refractivity contribution in [3.05, 3.63) is 23.8 Å². The molecule has 6 heteroatoms. The maximum Gasteiger partial charge on any atom is 0.303 e. The number of aromatic nitrogens is 1. The van der Waals surface area contributed by atoms with Crippen LogP contribution in [0, 0.1) is 6.92 Å². The van der Waals surface area contributed by atoms with Gasteiger partial charge in [-0.2, -0.15) is 0 Å². The minimum absolute atomic E-state index is 0.105. The Morgan fingerprint density at radius 3 is 2.80 bits per heavy atom. The number of aliphatic carboxylic acids is 1. The van der Waals surface area contributed by atoms with Gasteiger partial charge in [0.2, 0.25) is 5.91 Å². The summed E-state index contributed by atoms with van der Waals surface area (Å²) in [7, 11) is 0. The zero-order valence-corrected chi connectivity index (χ0v) is 12.0. The number of nitrogens with one attached hydrogen (secondary N) is 1. The van der Waals surface area contributed by atoms with Crippen molar-refractivity contribution in [3.63, 3.8) is 0 Å². The van der Waals surface area contributed by atoms with E-state index in [1.807, 2.05) is 25.1 Å². The lowest BCUT2D eigenvalue weighted by molar-refractivity contribution is -0.137. The van der Waals surface area contributed by atoms with Gasteiger partial charge < -0.3 is 10.4 Å². The highest BCUT2D eigenvalue weighted by molar-refractivity contribution is 7.22. The van der Waals surface area contributed by atoms with Gasteiger partial charge in [0, 0.05) is 12.8 Å². The number of thiazole rings is 1. The van der Waals surface area contributed by atoms with Gasteiger partial charge in [-0.05, 0) is 37.5 Å². The van der Waals surface area contributed by atoms with Gasteiger partial charge in [-0.1, -0.05) is 17.4 Å². The Balaban J connectivity index is 1.88. The Morgan fingerprint density at radius 1 is 1.30 bits per heavy atom. The zero-order chi connectivity index (χ0) is 14.5. The minimum atomic E-state index is -0.827. The third-order valence-electron chi connectivity index (χ3n) is 2.83. The van der Waals surface area contributed by atoms with Gasteiger partial charge in [-0.25, -0.2) is 4.98 Å². The predicted molar refractivity (Wildman–Crippen MR) is 79.1 cm³/mol. The van der Waals surface area contributed by atoms with E-state index in [2.05, 4.69) is 10.3 Å². The fourth-order valence-corrected chi connectivity index (χ4v) is 2.81. The average molecular weight is 292 g/mol. The number of benzene rings is 1. The van der Waals surface area contributed by atoms with Crippen molar-refractivity contribution >= 4 is 38.6 Å². The van der Waals surface area contributed by atoms with E-state index < -0.39 is 5.97 Å². The number of hydrogen-bond acceptors (Lipinski definition) is 4. The summed E-state index contributed by atoms with van der Waals surface area (Å²) >= 11 is 1.45. The minimum Gasteiger partial charge on any atom is -0.481 e. The third kappa shape index (κ3) is 4.03. The Bertz CT molecular complexity index is 636. The number of aryl methyl sites for hydroxylation is 1. The van der Waals surface area contributed by atoms with E-state index >= 15 is 0 Å². The molecule has 0 aliphatic carbocycles. The number of nitrogens with zero attached hydrogens (tertiary/aromatic N) is 1. The Labute approximate surface area is 120 Å². The molecule has 2 N–H and O–H groups in total. The molecule has 0 aliphatic heterocycles. The van der Waals surface area contributed by atoms with Crippen LogP contribution in [0.5, 0.6) is 0 Å². The van der Waals surface area contributed by atoms with Crippen molar-refractivity contribution in [3.8, 4) is 0 Å². The van der Waals surface area contributed by atoms with E-state index in [1.165, 1.54) is 11.3 Å². The van der Waals surface area contributed by atoms with Crippen LogP contribution in [0.4, 0.5) is 5.13 Å². The topological polar surface area (TPSA) is 79.3 Å². The second-order valence-corrected chi connectivity index (χ2v) is 5.67. The monoisotopic (exact) mass is 292 g/mol. The average Bonchev–Trinajstić information content (AvgIpc) is 2.75. The highest BCUT2D eigenvalue weighted by atomic mass is 32.1. The summed E-state index contributed by atoms with van der Waals surface area (Å²) < 4.78 is 1.05. The molecule has 5 nitrogen and oxygen atoms in total. The molecule has 1 amide bonds. The highest BCUT2D eigenvalue weighted by Crippen LogP contribution is 2.26. The number of unbranched alkanes of at least 4 members (excludes halogenated alkanes) is 1. The number of carboxylic acid groups (broad SMARTS) is 1. The van der Waals surface area contributed by atoms with Crippen molar-refractivity contribution in [2.24, 2.45) is 0 Å². The van der Waals surface area contributed by atoms with Crippen LogP contribution in [0.3, 0.4) is 0 Å². The number of fused-ring (bicyclic) bond motifs is 1. The molecule has 1 aromatic heterocycles. The Morgan fingerprint density at radius 2 is 2.05 bits per heavy atom. The highest BCUT2D eigenvalue weighted by Gasteiger charge is 2.08. The van der Waals surface area contributed by atoms with Crippen molar-refractivity contribution in [2.45, 2.75) is 32.6 Å². The van der Waals surface area contributed by atoms with Crippen molar-refractivity contribution in [1.29, 1.82) is 0 Å². The van der Waals surface area contributed by atoms with Crippen molar-refractivity contribution in [2.75, 3.05) is 5.32 Å². The van der Waals surface area contributed by atoms with Crippen LogP contribution in [-0.4, -0.2) is 22.0 Å². The normalized spacial score (nSPS) is 10.7. The molecule has 0 bridgehead atoms. The summed E-state index contributed by atoms with van der Waals surface area (Å²) in [6, 6.07) is 5.96. The first kappa shape index (κ1) is 14.5. The lowest BCUT2D eigenvalue weighted by atomic mass is 10.2. The molecule has 0 saturated heterocycles. The molecule has 0 fully saturated rings. The Kier molecular flexibility index (Phi) is 4.68. The summed E-state index contributed by atoms with van der Waals surface area (Å²) in [5.41, 5.74) is 2.04. The number of carbonyl (C=O) groups is 2. The molecule has 1 aromatic carbocycles. The van der Waals surface area contributed by atoms with E-state index in [0.717, 1.165) is 15.8 Å². The molecular weight excluding hydrogens is 276 g/mol. The molecule has 0 radical (unpaired) electrons. The molecule has 2 aromatic rings. The van der Waals surface area contributed by atoms with Crippen molar-refractivity contribution in [1.82, 2.24) is 4.98 Å². The zero-order valence-electron chi connectivity index (χ0n) is 11.2. The molecule has 0 aliphatic rings. The molecule has 106 valence electrons. The molecule has 20 heavy (non-hydrogen) atoms. The molecule has 0 atom stereocenters. The fraction of sp³-hybridized carbons (Fsp3) is 0.357. The number of hydrogen-bond donors (Lipinski definition) is 2. The maximum atomic E-state index is 11.7. The Hall–Kier alpha value is -1.95. The summed E-state index contributed by atoms with van der Waals surface area (Å²) in [6.45, 7) is 2.01. The van der Waals surface area contributed by atoms with E-state index in [-0.39, 0.29) is 12.3 Å². The van der Waals surface area contributed by atoms with Gasteiger partial charge in [-0.3, -0.25) is 9.59 Å². The summed E-state index contributed by atoms with van der Waals surface area (Å²) in [5.74, 6) is -0.946. The fourth-order valence-electron chi connectivity index (χ4n) is 1.83. The van der Waals surface area contributed by atoms with Crippen LogP contribution >= 0.6 is 11.3 Å². The predicted octanol–water partition coefficient (Wildman–Crippen LogP) is 3.19. The second kappa shape index (κ2) is 6.47. The smallest absolute Gasteiger partial charge is 0.303 e. The number of rotatable bonds is 6. The SMILES string of the molecule is Cc1ccc2nc(NC(=O)CCCCC(=O)O)sc2c1. The number of carboxylic acids is 1. The molecule has 0 saturated carbocycles. The van der Waals surface area contributed by atoms with Crippen LogP contribution in [0.2, 0.25) is 0 Å². The van der Waals surface area contributed by atoms with Gasteiger partial charge in [-0.15, -0.1) is 0 Å². The largest absolute Gasteiger partial charge is 0.481 e. The van der Waals surface area contributed by atoms with Gasteiger partial charge in [0.25, 0.3) is 0 Å². The van der Waals surface area contributed by atoms with Crippen LogP contribution < -0.4 is 5.32 Å². The lowest BCUT2D eigenvalue weighted by Crippen LogP contribution is -2.11. The van der Waals surface area contributed by atoms with Crippen LogP contribution in [0.1, 0.15) is 31.2 Å². The number of carbonyl (C=O) groups excluding carboxylic acids is 1. The quantitative estimate of drug-likeness (QED) is 0.801. The van der Waals surface area contributed by atoms with Gasteiger partial charge >= 0.3 is 5.97 Å². The van der Waals surface area contributed by atoms with Crippen LogP contribution in [0.15, 0.2) is 18.2 Å². The van der Waals surface area contributed by atoms with Crippen molar-refractivity contribution < 1.29 is 14.7 Å². The standard InChI is InChI=1S/C14H16N2O3S/c1-9-6-7-10-11(8-9)20-14(15-10)16-12(17)4-2-3-5-13(18)19/h6-8H,2-5H2,1H3,(H,18,19)(H,15,16,17). The first-order valence-corrected chi connectivity index (χ1v) is 7.25. The van der Waals surface area contributed by atoms with Crippen LogP contribution in [0.25, 0.3) is 10.2 Å². The van der Waals surface area contributed by atoms with Gasteiger partial charge in [0.15, 0.2) is 5.13 Å². The second-order valence-electron chi connectivity index (χ2n) is 4.64. The van der Waals surface area contributed by atoms with E-state index in [0.29, 0.717) is 24.4 Å².